The third-order valence-corrected chi connectivity index (χ3v) is 5.99. The molecule has 4 rings (SSSR count). The molecule has 0 unspecified atom stereocenters. The molecule has 1 spiro atoms. The van der Waals surface area contributed by atoms with Gasteiger partial charge in [-0.05, 0) is 43.9 Å². The summed E-state index contributed by atoms with van der Waals surface area (Å²) in [6.45, 7) is 5.40. The summed E-state index contributed by atoms with van der Waals surface area (Å²) in [5.74, 6) is 0.351. The van der Waals surface area contributed by atoms with E-state index in [4.69, 9.17) is 0 Å². The number of anilines is 1. The Morgan fingerprint density at radius 1 is 1.00 bits per heavy atom. The van der Waals surface area contributed by atoms with Crippen molar-refractivity contribution in [3.63, 3.8) is 0 Å². The average molecular weight is 362 g/mol. The second-order valence-corrected chi connectivity index (χ2v) is 7.91. The van der Waals surface area contributed by atoms with Gasteiger partial charge in [0.1, 0.15) is 0 Å². The van der Waals surface area contributed by atoms with Gasteiger partial charge in [-0.1, -0.05) is 48.5 Å². The van der Waals surface area contributed by atoms with Gasteiger partial charge in [0.2, 0.25) is 11.8 Å². The maximum Gasteiger partial charge on any atom is 0.238 e. The number of carbonyl (C=O) groups is 2. The Morgan fingerprint density at radius 2 is 1.63 bits per heavy atom. The highest BCUT2D eigenvalue weighted by Crippen LogP contribution is 2.48. The van der Waals surface area contributed by atoms with Gasteiger partial charge in [-0.3, -0.25) is 9.59 Å². The number of hydrogen-bond acceptors (Lipinski definition) is 2. The number of rotatable bonds is 3. The van der Waals surface area contributed by atoms with E-state index in [-0.39, 0.29) is 17.9 Å². The lowest BCUT2D eigenvalue weighted by atomic mass is 9.73. The van der Waals surface area contributed by atoms with E-state index in [1.807, 2.05) is 52.3 Å². The van der Waals surface area contributed by atoms with Gasteiger partial charge in [-0.15, -0.1) is 0 Å². The molecule has 4 nitrogen and oxygen atoms in total. The molecular formula is C23H26N2O2. The third kappa shape index (κ3) is 2.93. The zero-order chi connectivity index (χ0) is 19.0. The Balaban J connectivity index is 1.53. The number of amides is 2. The topological polar surface area (TPSA) is 40.6 Å². The Bertz CT molecular complexity index is 852. The zero-order valence-electron chi connectivity index (χ0n) is 16.0. The van der Waals surface area contributed by atoms with Gasteiger partial charge in [0.25, 0.3) is 0 Å². The second kappa shape index (κ2) is 6.84. The summed E-state index contributed by atoms with van der Waals surface area (Å²) in [5.41, 5.74) is 2.75. The van der Waals surface area contributed by atoms with Gasteiger partial charge >= 0.3 is 0 Å². The number of likely N-dealkylation sites (tertiary alicyclic amines) is 1. The Morgan fingerprint density at radius 3 is 2.30 bits per heavy atom. The summed E-state index contributed by atoms with van der Waals surface area (Å²) in [7, 11) is 0. The highest BCUT2D eigenvalue weighted by molar-refractivity contribution is 6.08. The molecule has 0 radical (unpaired) electrons. The molecule has 0 N–H and O–H groups in total. The summed E-state index contributed by atoms with van der Waals surface area (Å²) in [6.07, 6.45) is 1.83. The number of para-hydroxylation sites is 1. The van der Waals surface area contributed by atoms with Crippen LogP contribution in [0.4, 0.5) is 5.69 Å². The maximum absolute atomic E-state index is 13.4. The van der Waals surface area contributed by atoms with Crippen molar-refractivity contribution in [1.29, 1.82) is 0 Å². The molecule has 2 amide bonds. The van der Waals surface area contributed by atoms with E-state index < -0.39 is 5.41 Å². The van der Waals surface area contributed by atoms with Crippen molar-refractivity contribution in [2.45, 2.75) is 44.6 Å². The summed E-state index contributed by atoms with van der Waals surface area (Å²) in [6, 6.07) is 18.2. The smallest absolute Gasteiger partial charge is 0.238 e. The third-order valence-electron chi connectivity index (χ3n) is 5.99. The number of benzene rings is 2. The van der Waals surface area contributed by atoms with Crippen molar-refractivity contribution in [3.8, 4) is 0 Å². The monoisotopic (exact) mass is 362 g/mol. The lowest BCUT2D eigenvalue weighted by Gasteiger charge is -2.39. The number of fused-ring (bicyclic) bond motifs is 2. The van der Waals surface area contributed by atoms with Crippen LogP contribution in [-0.2, 0) is 21.4 Å². The standard InChI is InChI=1S/C23H26N2O2/c1-17(2)25-20-11-7-6-10-19(20)23(22(25)27)12-14-24(15-13-23)21(26)16-18-8-4-3-5-9-18/h3-11,17H,12-16H2,1-2H3. The molecule has 0 aromatic heterocycles. The van der Waals surface area contributed by atoms with Gasteiger partial charge in [0.05, 0.1) is 11.8 Å². The lowest BCUT2D eigenvalue weighted by molar-refractivity contribution is -0.135. The van der Waals surface area contributed by atoms with E-state index in [1.54, 1.807) is 0 Å². The van der Waals surface area contributed by atoms with Gasteiger partial charge in [-0.2, -0.15) is 0 Å². The molecule has 2 aromatic carbocycles. The van der Waals surface area contributed by atoms with Crippen LogP contribution in [0.15, 0.2) is 54.6 Å². The van der Waals surface area contributed by atoms with Crippen LogP contribution < -0.4 is 4.90 Å². The predicted molar refractivity (Wildman–Crippen MR) is 107 cm³/mol. The summed E-state index contributed by atoms with van der Waals surface area (Å²) in [5, 5.41) is 0. The molecule has 27 heavy (non-hydrogen) atoms. The minimum atomic E-state index is -0.468. The maximum atomic E-state index is 13.4. The van der Waals surface area contributed by atoms with Crippen LogP contribution in [0.3, 0.4) is 0 Å². The molecular weight excluding hydrogens is 336 g/mol. The van der Waals surface area contributed by atoms with Gasteiger partial charge in [-0.25, -0.2) is 0 Å². The molecule has 0 aliphatic carbocycles. The van der Waals surface area contributed by atoms with E-state index in [0.29, 0.717) is 32.4 Å². The van der Waals surface area contributed by atoms with Crippen molar-refractivity contribution >= 4 is 17.5 Å². The molecule has 2 aliphatic heterocycles. The minimum Gasteiger partial charge on any atom is -0.342 e. The molecule has 140 valence electrons. The summed E-state index contributed by atoms with van der Waals surface area (Å²) in [4.78, 5) is 29.9. The number of piperidine rings is 1. The Labute approximate surface area is 160 Å². The highest BCUT2D eigenvalue weighted by Gasteiger charge is 2.52. The van der Waals surface area contributed by atoms with E-state index in [1.165, 1.54) is 0 Å². The molecule has 2 aliphatic rings. The quantitative estimate of drug-likeness (QED) is 0.838. The first-order valence-electron chi connectivity index (χ1n) is 9.78. The van der Waals surface area contributed by atoms with Crippen LogP contribution in [0, 0.1) is 0 Å². The average Bonchev–Trinajstić information content (AvgIpc) is 2.92. The molecule has 1 fully saturated rings. The van der Waals surface area contributed by atoms with Crippen molar-refractivity contribution in [1.82, 2.24) is 4.90 Å². The first-order valence-corrected chi connectivity index (χ1v) is 9.78. The fraction of sp³-hybridized carbons (Fsp3) is 0.391. The van der Waals surface area contributed by atoms with Crippen LogP contribution in [0.5, 0.6) is 0 Å². The lowest BCUT2D eigenvalue weighted by Crippen LogP contribution is -2.51. The SMILES string of the molecule is CC(C)N1C(=O)C2(CCN(C(=O)Cc3ccccc3)CC2)c2ccccc21. The van der Waals surface area contributed by atoms with Crippen LogP contribution in [-0.4, -0.2) is 35.8 Å². The summed E-state index contributed by atoms with van der Waals surface area (Å²) >= 11 is 0. The van der Waals surface area contributed by atoms with Crippen molar-refractivity contribution in [2.75, 3.05) is 18.0 Å². The second-order valence-electron chi connectivity index (χ2n) is 7.91. The highest BCUT2D eigenvalue weighted by atomic mass is 16.2. The van der Waals surface area contributed by atoms with Crippen molar-refractivity contribution in [3.05, 3.63) is 65.7 Å². The fourth-order valence-corrected chi connectivity index (χ4v) is 4.56. The zero-order valence-corrected chi connectivity index (χ0v) is 16.0. The van der Waals surface area contributed by atoms with Crippen LogP contribution in [0.2, 0.25) is 0 Å². The first kappa shape index (κ1) is 17.8. The molecule has 2 heterocycles. The van der Waals surface area contributed by atoms with E-state index in [2.05, 4.69) is 26.0 Å². The normalized spacial score (nSPS) is 18.3. The predicted octanol–water partition coefficient (Wildman–Crippen LogP) is 3.54. The van der Waals surface area contributed by atoms with Crippen molar-refractivity contribution < 1.29 is 9.59 Å². The molecule has 0 bridgehead atoms. The van der Waals surface area contributed by atoms with Crippen LogP contribution >= 0.6 is 0 Å². The molecule has 0 atom stereocenters. The number of nitrogens with zero attached hydrogens (tertiary/aromatic N) is 2. The number of carbonyl (C=O) groups excluding carboxylic acids is 2. The summed E-state index contributed by atoms with van der Waals surface area (Å²) < 4.78 is 0. The largest absolute Gasteiger partial charge is 0.342 e. The fourth-order valence-electron chi connectivity index (χ4n) is 4.56. The van der Waals surface area contributed by atoms with Gasteiger partial charge in [0, 0.05) is 24.8 Å². The van der Waals surface area contributed by atoms with E-state index >= 15 is 0 Å². The molecule has 0 saturated carbocycles. The van der Waals surface area contributed by atoms with E-state index in [0.717, 1.165) is 16.8 Å². The van der Waals surface area contributed by atoms with Gasteiger partial charge < -0.3 is 9.80 Å². The number of hydrogen-bond donors (Lipinski definition) is 0. The molecule has 2 aromatic rings. The molecule has 1 saturated heterocycles. The van der Waals surface area contributed by atoms with Gasteiger partial charge in [0.15, 0.2) is 0 Å². The Hall–Kier alpha value is -2.62. The van der Waals surface area contributed by atoms with Crippen molar-refractivity contribution in [2.24, 2.45) is 0 Å². The van der Waals surface area contributed by atoms with Crippen LogP contribution in [0.1, 0.15) is 37.8 Å². The first-order chi connectivity index (χ1) is 13.0. The van der Waals surface area contributed by atoms with E-state index in [9.17, 15) is 9.59 Å². The molecule has 4 heteroatoms. The Kier molecular flexibility index (Phi) is 4.50. The minimum absolute atomic E-state index is 0.135. The van der Waals surface area contributed by atoms with Crippen LogP contribution in [0.25, 0.3) is 0 Å².